The number of hydrogen-bond acceptors (Lipinski definition) is 6. The zero-order valence-corrected chi connectivity index (χ0v) is 12.8. The van der Waals surface area contributed by atoms with Crippen LogP contribution in [0.25, 0.3) is 22.3 Å². The molecule has 0 radical (unpaired) electrons. The number of carboxylic acid groups (broad SMARTS) is 1. The molecule has 0 aliphatic carbocycles. The zero-order valence-electron chi connectivity index (χ0n) is 12.8. The molecule has 1 aliphatic rings. The molecule has 4 heterocycles. The van der Waals surface area contributed by atoms with Crippen LogP contribution in [0.1, 0.15) is 10.4 Å². The van der Waals surface area contributed by atoms with Crippen molar-refractivity contribution < 1.29 is 14.6 Å². The van der Waals surface area contributed by atoms with Gasteiger partial charge in [0.05, 0.1) is 24.5 Å². The van der Waals surface area contributed by atoms with Gasteiger partial charge in [-0.1, -0.05) is 0 Å². The third-order valence-corrected chi connectivity index (χ3v) is 3.96. The predicted molar refractivity (Wildman–Crippen MR) is 87.1 cm³/mol. The maximum absolute atomic E-state index is 11.0. The van der Waals surface area contributed by atoms with E-state index in [2.05, 4.69) is 24.8 Å². The van der Waals surface area contributed by atoms with E-state index in [1.54, 1.807) is 18.5 Å². The summed E-state index contributed by atoms with van der Waals surface area (Å²) in [7, 11) is 0. The second-order valence-corrected chi connectivity index (χ2v) is 5.52. The lowest BCUT2D eigenvalue weighted by Gasteiger charge is -2.26. The van der Waals surface area contributed by atoms with Gasteiger partial charge < -0.3 is 19.7 Å². The Morgan fingerprint density at radius 3 is 2.58 bits per heavy atom. The molecule has 3 aromatic rings. The van der Waals surface area contributed by atoms with Gasteiger partial charge in [-0.05, 0) is 12.1 Å². The third kappa shape index (κ3) is 2.67. The standard InChI is InChI=1S/C16H15N5O3/c22-15(23)11-5-10-6-13(20-14(10)17-7-11)12-8-18-16(19-9-12)21-1-3-24-4-2-21/h5-9H,1-4H2,(H,17,20)(H,22,23). The molecule has 1 saturated heterocycles. The minimum atomic E-state index is -0.995. The van der Waals surface area contributed by atoms with Crippen LogP contribution in [0.15, 0.2) is 30.7 Å². The van der Waals surface area contributed by atoms with E-state index in [1.807, 2.05) is 6.07 Å². The quantitative estimate of drug-likeness (QED) is 0.753. The third-order valence-electron chi connectivity index (χ3n) is 3.96. The van der Waals surface area contributed by atoms with Gasteiger partial charge in [0, 0.05) is 42.6 Å². The number of aromatic nitrogens is 4. The zero-order chi connectivity index (χ0) is 16.5. The van der Waals surface area contributed by atoms with Gasteiger partial charge in [-0.2, -0.15) is 0 Å². The van der Waals surface area contributed by atoms with Crippen LogP contribution in [-0.4, -0.2) is 57.3 Å². The number of pyridine rings is 1. The molecule has 1 fully saturated rings. The van der Waals surface area contributed by atoms with E-state index in [0.717, 1.165) is 29.7 Å². The number of nitrogens with one attached hydrogen (secondary N) is 1. The summed E-state index contributed by atoms with van der Waals surface area (Å²) >= 11 is 0. The lowest BCUT2D eigenvalue weighted by molar-refractivity contribution is 0.0696. The molecule has 8 heteroatoms. The average Bonchev–Trinajstić information content (AvgIpc) is 3.06. The number of H-pyrrole nitrogens is 1. The number of hydrogen-bond donors (Lipinski definition) is 2. The van der Waals surface area contributed by atoms with Crippen molar-refractivity contribution in [3.8, 4) is 11.3 Å². The first-order chi connectivity index (χ1) is 11.7. The highest BCUT2D eigenvalue weighted by atomic mass is 16.5. The number of anilines is 1. The molecule has 3 aromatic heterocycles. The number of rotatable bonds is 3. The summed E-state index contributed by atoms with van der Waals surface area (Å²) in [5.41, 5.74) is 2.41. The summed E-state index contributed by atoms with van der Waals surface area (Å²) in [5, 5.41) is 9.78. The SMILES string of the molecule is O=C(O)c1cnc2[nH]c(-c3cnc(N4CCOCC4)nc3)cc2c1. The molecule has 0 spiro atoms. The summed E-state index contributed by atoms with van der Waals surface area (Å²) < 4.78 is 5.32. The van der Waals surface area contributed by atoms with E-state index in [0.29, 0.717) is 24.8 Å². The van der Waals surface area contributed by atoms with E-state index in [4.69, 9.17) is 9.84 Å². The number of morpholine rings is 1. The first-order valence-corrected chi connectivity index (χ1v) is 7.58. The Labute approximate surface area is 137 Å². The predicted octanol–water partition coefficient (Wildman–Crippen LogP) is 1.55. The molecule has 1 aliphatic heterocycles. The van der Waals surface area contributed by atoms with Crippen LogP contribution in [0.5, 0.6) is 0 Å². The Morgan fingerprint density at radius 1 is 1.12 bits per heavy atom. The minimum Gasteiger partial charge on any atom is -0.478 e. The fraction of sp³-hybridized carbons (Fsp3) is 0.250. The number of carbonyl (C=O) groups is 1. The number of aromatic carboxylic acids is 1. The van der Waals surface area contributed by atoms with Crippen LogP contribution in [0.4, 0.5) is 5.95 Å². The van der Waals surface area contributed by atoms with Crippen molar-refractivity contribution in [1.29, 1.82) is 0 Å². The summed E-state index contributed by atoms with van der Waals surface area (Å²) in [5.74, 6) is -0.310. The number of aromatic amines is 1. The number of nitrogens with zero attached hydrogens (tertiary/aromatic N) is 4. The Kier molecular flexibility index (Phi) is 3.58. The van der Waals surface area contributed by atoms with E-state index < -0.39 is 5.97 Å². The molecule has 0 bridgehead atoms. The molecule has 0 unspecified atom stereocenters. The molecule has 2 N–H and O–H groups in total. The smallest absolute Gasteiger partial charge is 0.337 e. The molecular weight excluding hydrogens is 310 g/mol. The first-order valence-electron chi connectivity index (χ1n) is 7.58. The topological polar surface area (TPSA) is 104 Å². The van der Waals surface area contributed by atoms with Crippen LogP contribution in [0, 0.1) is 0 Å². The molecule has 24 heavy (non-hydrogen) atoms. The van der Waals surface area contributed by atoms with Crippen LogP contribution < -0.4 is 4.90 Å². The average molecular weight is 325 g/mol. The summed E-state index contributed by atoms with van der Waals surface area (Å²) in [6, 6.07) is 3.44. The highest BCUT2D eigenvalue weighted by molar-refractivity contribution is 5.93. The van der Waals surface area contributed by atoms with Gasteiger partial charge in [0.25, 0.3) is 0 Å². The van der Waals surface area contributed by atoms with E-state index in [9.17, 15) is 4.79 Å². The van der Waals surface area contributed by atoms with E-state index in [1.165, 1.54) is 6.20 Å². The van der Waals surface area contributed by atoms with E-state index in [-0.39, 0.29) is 5.56 Å². The Hall–Kier alpha value is -3.00. The Balaban J connectivity index is 1.63. The summed E-state index contributed by atoms with van der Waals surface area (Å²) in [6.45, 7) is 2.94. The molecule has 4 rings (SSSR count). The minimum absolute atomic E-state index is 0.159. The highest BCUT2D eigenvalue weighted by Crippen LogP contribution is 2.23. The molecule has 0 atom stereocenters. The van der Waals surface area contributed by atoms with Gasteiger partial charge in [-0.25, -0.2) is 19.7 Å². The van der Waals surface area contributed by atoms with Crippen molar-refractivity contribution in [2.45, 2.75) is 0 Å². The maximum atomic E-state index is 11.0. The Morgan fingerprint density at radius 2 is 1.88 bits per heavy atom. The normalized spacial score (nSPS) is 14.9. The number of carboxylic acids is 1. The van der Waals surface area contributed by atoms with Gasteiger partial charge in [-0.15, -0.1) is 0 Å². The molecule has 0 saturated carbocycles. The van der Waals surface area contributed by atoms with Crippen LogP contribution >= 0.6 is 0 Å². The monoisotopic (exact) mass is 325 g/mol. The molecule has 122 valence electrons. The van der Waals surface area contributed by atoms with E-state index >= 15 is 0 Å². The van der Waals surface area contributed by atoms with Gasteiger partial charge in [0.2, 0.25) is 5.95 Å². The highest BCUT2D eigenvalue weighted by Gasteiger charge is 2.14. The first kappa shape index (κ1) is 14.6. The van der Waals surface area contributed by atoms with Crippen molar-refractivity contribution >= 4 is 23.0 Å². The largest absolute Gasteiger partial charge is 0.478 e. The molecule has 0 aromatic carbocycles. The van der Waals surface area contributed by atoms with Crippen molar-refractivity contribution in [2.24, 2.45) is 0 Å². The Bertz CT molecular complexity index is 884. The van der Waals surface area contributed by atoms with Gasteiger partial charge in [0.1, 0.15) is 5.65 Å². The van der Waals surface area contributed by atoms with Crippen molar-refractivity contribution in [2.75, 3.05) is 31.2 Å². The van der Waals surface area contributed by atoms with Crippen molar-refractivity contribution in [1.82, 2.24) is 19.9 Å². The summed E-state index contributed by atoms with van der Waals surface area (Å²) in [6.07, 6.45) is 4.84. The number of fused-ring (bicyclic) bond motifs is 1. The lowest BCUT2D eigenvalue weighted by Crippen LogP contribution is -2.37. The maximum Gasteiger partial charge on any atom is 0.337 e. The fourth-order valence-corrected chi connectivity index (χ4v) is 2.67. The van der Waals surface area contributed by atoms with Crippen molar-refractivity contribution in [3.63, 3.8) is 0 Å². The van der Waals surface area contributed by atoms with Gasteiger partial charge >= 0.3 is 5.97 Å². The number of ether oxygens (including phenoxy) is 1. The second kappa shape index (κ2) is 5.89. The summed E-state index contributed by atoms with van der Waals surface area (Å²) in [4.78, 5) is 29.2. The van der Waals surface area contributed by atoms with Crippen LogP contribution in [-0.2, 0) is 4.74 Å². The van der Waals surface area contributed by atoms with Crippen LogP contribution in [0.2, 0.25) is 0 Å². The van der Waals surface area contributed by atoms with Gasteiger partial charge in [0.15, 0.2) is 0 Å². The van der Waals surface area contributed by atoms with Gasteiger partial charge in [-0.3, -0.25) is 0 Å². The molecule has 0 amide bonds. The lowest BCUT2D eigenvalue weighted by atomic mass is 10.2. The van der Waals surface area contributed by atoms with Crippen LogP contribution in [0.3, 0.4) is 0 Å². The molecular formula is C16H15N5O3. The molecule has 8 nitrogen and oxygen atoms in total. The van der Waals surface area contributed by atoms with Crippen molar-refractivity contribution in [3.05, 3.63) is 36.3 Å². The fourth-order valence-electron chi connectivity index (χ4n) is 2.67. The second-order valence-electron chi connectivity index (χ2n) is 5.52.